The van der Waals surface area contributed by atoms with E-state index in [2.05, 4.69) is 38.5 Å². The number of carbonyl (C=O) groups is 2. The van der Waals surface area contributed by atoms with Gasteiger partial charge in [-0.2, -0.15) is 0 Å². The Hall–Kier alpha value is -3.31. The Kier molecular flexibility index (Phi) is 11.9. The zero-order valence-electron chi connectivity index (χ0n) is 25.1. The molecule has 11 heteroatoms. The number of hydrogen-bond acceptors (Lipinski definition) is 5. The summed E-state index contributed by atoms with van der Waals surface area (Å²) in [5, 5.41) is 5.66. The van der Waals surface area contributed by atoms with Crippen LogP contribution in [0.3, 0.4) is 0 Å². The molecule has 1 atom stereocenters. The van der Waals surface area contributed by atoms with Gasteiger partial charge in [-0.3, -0.25) is 14.5 Å². The molecule has 0 radical (unpaired) electrons. The van der Waals surface area contributed by atoms with Crippen LogP contribution >= 0.6 is 11.6 Å². The summed E-state index contributed by atoms with van der Waals surface area (Å²) in [6.07, 6.45) is 2.20. The van der Waals surface area contributed by atoms with Crippen LogP contribution < -0.4 is 15.4 Å². The minimum Gasteiger partial charge on any atom is -0.354 e. The van der Waals surface area contributed by atoms with Crippen molar-refractivity contribution in [2.24, 2.45) is 5.92 Å². The molecule has 3 aromatic carbocycles. The first-order valence-electron chi connectivity index (χ1n) is 14.9. The van der Waals surface area contributed by atoms with Crippen molar-refractivity contribution in [3.8, 4) is 0 Å². The number of hydrogen-bond donors (Lipinski definition) is 3. The largest absolute Gasteiger partial charge is 0.354 e. The van der Waals surface area contributed by atoms with Gasteiger partial charge in [0.05, 0.1) is 5.02 Å². The fraction of sp³-hybridized carbons (Fsp3) is 0.394. The number of nitrogens with zero attached hydrogens (tertiary/aromatic N) is 1. The molecule has 0 saturated carbocycles. The highest BCUT2D eigenvalue weighted by molar-refractivity contribution is 7.89. The van der Waals surface area contributed by atoms with Gasteiger partial charge in [0, 0.05) is 38.3 Å². The number of nitrogens with one attached hydrogen (secondary N) is 3. The van der Waals surface area contributed by atoms with Crippen molar-refractivity contribution in [3.63, 3.8) is 0 Å². The molecule has 0 bridgehead atoms. The molecule has 0 unspecified atom stereocenters. The van der Waals surface area contributed by atoms with Gasteiger partial charge in [-0.25, -0.2) is 17.5 Å². The molecule has 2 amide bonds. The van der Waals surface area contributed by atoms with Crippen molar-refractivity contribution < 1.29 is 22.4 Å². The fourth-order valence-corrected chi connectivity index (χ4v) is 6.96. The molecular weight excluding hydrogens is 603 g/mol. The lowest BCUT2D eigenvalue weighted by atomic mass is 9.93. The Balaban J connectivity index is 1.28. The summed E-state index contributed by atoms with van der Waals surface area (Å²) >= 11 is 5.88. The van der Waals surface area contributed by atoms with Crippen LogP contribution in [0.25, 0.3) is 0 Å². The number of rotatable bonds is 14. The van der Waals surface area contributed by atoms with Crippen molar-refractivity contribution >= 4 is 33.4 Å². The number of benzene rings is 3. The maximum absolute atomic E-state index is 13.5. The lowest BCUT2D eigenvalue weighted by molar-refractivity contribution is -0.123. The average molecular weight is 643 g/mol. The molecule has 3 N–H and O–H groups in total. The Bertz CT molecular complexity index is 1550. The van der Waals surface area contributed by atoms with Gasteiger partial charge in [-0.05, 0) is 72.6 Å². The minimum atomic E-state index is -3.89. The van der Waals surface area contributed by atoms with Crippen LogP contribution in [0.2, 0.25) is 5.02 Å². The first-order chi connectivity index (χ1) is 21.0. The predicted molar refractivity (Wildman–Crippen MR) is 170 cm³/mol. The highest BCUT2D eigenvalue weighted by Gasteiger charge is 2.26. The molecule has 0 saturated heterocycles. The van der Waals surface area contributed by atoms with Gasteiger partial charge < -0.3 is 10.6 Å². The fourth-order valence-electron chi connectivity index (χ4n) is 5.36. The standard InChI is InChI=1S/C33H40ClFN4O4S/c1-23(2)19-30(33(41)36-16-6-7-17-37-44(42,43)31-14-13-26(35)20-29(31)34)38-32(40)28-12-8-11-25-22-39(18-15-27(25)28)21-24-9-4-3-5-10-24/h3-5,8-14,20,23,30,37H,6-7,15-19,21-22H2,1-2H3,(H,36,41)(H,38,40)/t30-/m0/s1. The van der Waals surface area contributed by atoms with Crippen LogP contribution in [0, 0.1) is 11.7 Å². The predicted octanol–water partition coefficient (Wildman–Crippen LogP) is 5.06. The number of amides is 2. The number of halogens is 2. The van der Waals surface area contributed by atoms with Crippen LogP contribution in [0.1, 0.15) is 60.2 Å². The van der Waals surface area contributed by atoms with Gasteiger partial charge in [0.15, 0.2) is 0 Å². The zero-order valence-corrected chi connectivity index (χ0v) is 26.7. The molecule has 0 aliphatic carbocycles. The lowest BCUT2D eigenvalue weighted by Crippen LogP contribution is -2.48. The molecule has 0 fully saturated rings. The van der Waals surface area contributed by atoms with E-state index in [9.17, 15) is 22.4 Å². The summed E-state index contributed by atoms with van der Waals surface area (Å²) in [5.41, 5.74) is 4.02. The normalized spacial score (nSPS) is 14.2. The van der Waals surface area contributed by atoms with Gasteiger partial charge in [-0.15, -0.1) is 0 Å². The van der Waals surface area contributed by atoms with Crippen molar-refractivity contribution in [3.05, 3.63) is 99.8 Å². The molecular formula is C33H40ClFN4O4S. The van der Waals surface area contributed by atoms with E-state index >= 15 is 0 Å². The molecule has 1 aliphatic heterocycles. The van der Waals surface area contributed by atoms with Crippen LogP contribution in [-0.4, -0.2) is 50.8 Å². The molecule has 4 rings (SSSR count). The third-order valence-corrected chi connectivity index (χ3v) is 9.49. The summed E-state index contributed by atoms with van der Waals surface area (Å²) in [4.78, 5) is 28.7. The molecule has 1 heterocycles. The molecule has 3 aromatic rings. The van der Waals surface area contributed by atoms with Gasteiger partial charge in [0.1, 0.15) is 16.8 Å². The van der Waals surface area contributed by atoms with Crippen molar-refractivity contribution in [1.29, 1.82) is 0 Å². The second kappa shape index (κ2) is 15.6. The summed E-state index contributed by atoms with van der Waals surface area (Å²) < 4.78 is 40.6. The van der Waals surface area contributed by atoms with E-state index in [1.54, 1.807) is 0 Å². The Morgan fingerprint density at radius 1 is 1.00 bits per heavy atom. The highest BCUT2D eigenvalue weighted by atomic mass is 35.5. The Morgan fingerprint density at radius 2 is 1.75 bits per heavy atom. The van der Waals surface area contributed by atoms with Crippen LogP contribution in [0.4, 0.5) is 4.39 Å². The van der Waals surface area contributed by atoms with E-state index in [0.717, 1.165) is 55.4 Å². The van der Waals surface area contributed by atoms with Crippen LogP contribution in [0.15, 0.2) is 71.6 Å². The summed E-state index contributed by atoms with van der Waals surface area (Å²) in [6, 6.07) is 18.5. The molecule has 1 aliphatic rings. The van der Waals surface area contributed by atoms with Crippen LogP contribution in [-0.2, 0) is 34.3 Å². The lowest BCUT2D eigenvalue weighted by Gasteiger charge is -2.30. The molecule has 236 valence electrons. The second-order valence-electron chi connectivity index (χ2n) is 11.5. The summed E-state index contributed by atoms with van der Waals surface area (Å²) in [7, 11) is -3.89. The third kappa shape index (κ3) is 9.34. The molecule has 44 heavy (non-hydrogen) atoms. The van der Waals surface area contributed by atoms with E-state index in [0.29, 0.717) is 31.4 Å². The van der Waals surface area contributed by atoms with Gasteiger partial charge >= 0.3 is 0 Å². The minimum absolute atomic E-state index is 0.125. The van der Waals surface area contributed by atoms with Crippen molar-refractivity contribution in [1.82, 2.24) is 20.3 Å². The maximum atomic E-state index is 13.5. The average Bonchev–Trinajstić information content (AvgIpc) is 2.98. The third-order valence-electron chi connectivity index (χ3n) is 7.55. The van der Waals surface area contributed by atoms with E-state index in [4.69, 9.17) is 11.6 Å². The topological polar surface area (TPSA) is 108 Å². The Labute approximate surface area is 264 Å². The SMILES string of the molecule is CC(C)C[C@H](NC(=O)c1cccc2c1CCN(Cc1ccccc1)C2)C(=O)NCCCCNS(=O)(=O)c1ccc(F)cc1Cl. The monoisotopic (exact) mass is 642 g/mol. The Morgan fingerprint density at radius 3 is 2.48 bits per heavy atom. The number of fused-ring (bicyclic) bond motifs is 1. The molecule has 8 nitrogen and oxygen atoms in total. The number of carbonyl (C=O) groups excluding carboxylic acids is 2. The highest BCUT2D eigenvalue weighted by Crippen LogP contribution is 2.25. The summed E-state index contributed by atoms with van der Waals surface area (Å²) in [6.45, 7) is 6.89. The second-order valence-corrected chi connectivity index (χ2v) is 13.7. The number of unbranched alkanes of at least 4 members (excludes halogenated alkanes) is 1. The first kappa shape index (κ1) is 33.6. The quantitative estimate of drug-likeness (QED) is 0.213. The first-order valence-corrected chi connectivity index (χ1v) is 16.8. The van der Waals surface area contributed by atoms with Gasteiger partial charge in [-0.1, -0.05) is 67.9 Å². The van der Waals surface area contributed by atoms with E-state index < -0.39 is 21.9 Å². The number of sulfonamides is 1. The summed E-state index contributed by atoms with van der Waals surface area (Å²) in [5.74, 6) is -0.974. The van der Waals surface area contributed by atoms with E-state index in [-0.39, 0.29) is 34.2 Å². The van der Waals surface area contributed by atoms with Gasteiger partial charge in [0.25, 0.3) is 5.91 Å². The molecule has 0 aromatic heterocycles. The zero-order chi connectivity index (χ0) is 31.7. The van der Waals surface area contributed by atoms with Crippen molar-refractivity contribution in [2.75, 3.05) is 19.6 Å². The van der Waals surface area contributed by atoms with E-state index in [1.807, 2.05) is 44.2 Å². The molecule has 0 spiro atoms. The van der Waals surface area contributed by atoms with Gasteiger partial charge in [0.2, 0.25) is 15.9 Å². The van der Waals surface area contributed by atoms with Crippen molar-refractivity contribution in [2.45, 2.75) is 63.6 Å². The maximum Gasteiger partial charge on any atom is 0.252 e. The van der Waals surface area contributed by atoms with Crippen LogP contribution in [0.5, 0.6) is 0 Å². The van der Waals surface area contributed by atoms with E-state index in [1.165, 1.54) is 5.56 Å². The smallest absolute Gasteiger partial charge is 0.252 e.